The van der Waals surface area contributed by atoms with Crippen molar-refractivity contribution in [3.8, 4) is 0 Å². The zero-order valence-electron chi connectivity index (χ0n) is 8.45. The van der Waals surface area contributed by atoms with Gasteiger partial charge in [0.2, 0.25) is 0 Å². The van der Waals surface area contributed by atoms with Crippen molar-refractivity contribution in [1.82, 2.24) is 9.38 Å². The Morgan fingerprint density at radius 3 is 3.00 bits per heavy atom. The number of hydrogen-bond donors (Lipinski definition) is 0. The summed E-state index contributed by atoms with van der Waals surface area (Å²) in [6.07, 6.45) is 7.17. The zero-order chi connectivity index (χ0) is 9.54. The van der Waals surface area contributed by atoms with Gasteiger partial charge in [-0.15, -0.1) is 0 Å². The Bertz CT molecular complexity index is 482. The number of aromatic nitrogens is 2. The van der Waals surface area contributed by atoms with Gasteiger partial charge in [-0.2, -0.15) is 0 Å². The normalized spacial score (nSPS) is 15.8. The van der Waals surface area contributed by atoms with Gasteiger partial charge >= 0.3 is 0 Å². The first kappa shape index (κ1) is 8.04. The van der Waals surface area contributed by atoms with Gasteiger partial charge in [-0.25, -0.2) is 4.98 Å². The number of nitrogens with zero attached hydrogens (tertiary/aromatic N) is 2. The highest BCUT2D eigenvalue weighted by Crippen LogP contribution is 2.22. The fourth-order valence-corrected chi connectivity index (χ4v) is 2.30. The van der Waals surface area contributed by atoms with E-state index in [1.54, 1.807) is 0 Å². The summed E-state index contributed by atoms with van der Waals surface area (Å²) in [5.41, 5.74) is 5.18. The maximum atomic E-state index is 4.66. The van der Waals surface area contributed by atoms with Crippen LogP contribution in [-0.2, 0) is 12.8 Å². The highest BCUT2D eigenvalue weighted by Gasteiger charge is 2.15. The minimum absolute atomic E-state index is 1.11. The number of fused-ring (bicyclic) bond motifs is 3. The van der Waals surface area contributed by atoms with Crippen LogP contribution in [0.3, 0.4) is 0 Å². The molecule has 0 atom stereocenters. The average molecular weight is 186 g/mol. The Balaban J connectivity index is 2.32. The summed E-state index contributed by atoms with van der Waals surface area (Å²) in [6.45, 7) is 2.13. The van der Waals surface area contributed by atoms with E-state index in [1.165, 1.54) is 36.2 Å². The fourth-order valence-electron chi connectivity index (χ4n) is 2.30. The molecule has 0 radical (unpaired) electrons. The van der Waals surface area contributed by atoms with Crippen molar-refractivity contribution in [3.05, 3.63) is 35.3 Å². The fraction of sp³-hybridized carbons (Fsp3) is 0.417. The summed E-state index contributed by atoms with van der Waals surface area (Å²) in [5, 5.41) is 0. The van der Waals surface area contributed by atoms with Crippen LogP contribution in [0.4, 0.5) is 0 Å². The lowest BCUT2D eigenvalue weighted by Gasteiger charge is -2.10. The van der Waals surface area contributed by atoms with Crippen LogP contribution < -0.4 is 0 Å². The first-order chi connectivity index (χ1) is 6.84. The van der Waals surface area contributed by atoms with Crippen molar-refractivity contribution >= 4 is 5.65 Å². The molecule has 0 bridgehead atoms. The Kier molecular flexibility index (Phi) is 1.63. The molecule has 72 valence electrons. The second kappa shape index (κ2) is 2.84. The van der Waals surface area contributed by atoms with Crippen LogP contribution in [0.25, 0.3) is 5.65 Å². The number of imidazole rings is 1. The van der Waals surface area contributed by atoms with E-state index < -0.39 is 0 Å². The second-order valence-electron chi connectivity index (χ2n) is 4.15. The van der Waals surface area contributed by atoms with Gasteiger partial charge in [-0.3, -0.25) is 0 Å². The van der Waals surface area contributed by atoms with Gasteiger partial charge in [-0.1, -0.05) is 6.07 Å². The largest absolute Gasteiger partial charge is 0.304 e. The van der Waals surface area contributed by atoms with E-state index in [0.717, 1.165) is 12.1 Å². The Morgan fingerprint density at radius 1 is 1.21 bits per heavy atom. The Hall–Kier alpha value is -1.31. The van der Waals surface area contributed by atoms with Crippen molar-refractivity contribution in [2.45, 2.75) is 32.6 Å². The van der Waals surface area contributed by atoms with Gasteiger partial charge in [-0.05, 0) is 44.2 Å². The molecule has 2 heterocycles. The van der Waals surface area contributed by atoms with Gasteiger partial charge in [0.1, 0.15) is 5.65 Å². The Labute approximate surface area is 83.6 Å². The first-order valence-corrected chi connectivity index (χ1v) is 5.31. The van der Waals surface area contributed by atoms with Crippen LogP contribution in [0.5, 0.6) is 0 Å². The van der Waals surface area contributed by atoms with Crippen LogP contribution in [-0.4, -0.2) is 9.38 Å². The standard InChI is InChI=1S/C12H14N2/c1-9-6-7-12-13-10-4-2-3-5-11(10)14(12)8-9/h6-8H,2-5H2,1H3. The summed E-state index contributed by atoms with van der Waals surface area (Å²) in [6, 6.07) is 4.25. The minimum atomic E-state index is 1.11. The SMILES string of the molecule is Cc1ccc2nc3c(n2c1)CCCC3. The molecule has 2 aromatic rings. The van der Waals surface area contributed by atoms with E-state index in [1.807, 2.05) is 0 Å². The van der Waals surface area contributed by atoms with Crippen LogP contribution in [0.1, 0.15) is 29.8 Å². The lowest BCUT2D eigenvalue weighted by atomic mass is 10.0. The molecule has 0 saturated carbocycles. The van der Waals surface area contributed by atoms with E-state index in [-0.39, 0.29) is 0 Å². The molecule has 0 aromatic carbocycles. The molecule has 14 heavy (non-hydrogen) atoms. The molecule has 0 amide bonds. The third kappa shape index (κ3) is 1.07. The highest BCUT2D eigenvalue weighted by molar-refractivity contribution is 5.45. The molecule has 0 N–H and O–H groups in total. The van der Waals surface area contributed by atoms with Crippen molar-refractivity contribution in [1.29, 1.82) is 0 Å². The second-order valence-corrected chi connectivity index (χ2v) is 4.15. The van der Waals surface area contributed by atoms with E-state index >= 15 is 0 Å². The van der Waals surface area contributed by atoms with Crippen molar-refractivity contribution in [2.24, 2.45) is 0 Å². The van der Waals surface area contributed by atoms with Crippen molar-refractivity contribution in [2.75, 3.05) is 0 Å². The van der Waals surface area contributed by atoms with Crippen molar-refractivity contribution < 1.29 is 0 Å². The molecule has 0 fully saturated rings. The third-order valence-corrected chi connectivity index (χ3v) is 3.03. The van der Waals surface area contributed by atoms with Gasteiger partial charge in [0.25, 0.3) is 0 Å². The highest BCUT2D eigenvalue weighted by atomic mass is 15.0. The molecule has 3 rings (SSSR count). The molecular weight excluding hydrogens is 172 g/mol. The zero-order valence-corrected chi connectivity index (χ0v) is 8.45. The average Bonchev–Trinajstić information content (AvgIpc) is 2.56. The summed E-state index contributed by atoms with van der Waals surface area (Å²) in [5.74, 6) is 0. The van der Waals surface area contributed by atoms with Crippen LogP contribution in [0.2, 0.25) is 0 Å². The lowest BCUT2D eigenvalue weighted by Crippen LogP contribution is -2.03. The molecule has 2 heteroatoms. The molecule has 0 saturated heterocycles. The topological polar surface area (TPSA) is 17.3 Å². The van der Waals surface area contributed by atoms with E-state index in [9.17, 15) is 0 Å². The Morgan fingerprint density at radius 2 is 2.07 bits per heavy atom. The first-order valence-electron chi connectivity index (χ1n) is 5.31. The maximum absolute atomic E-state index is 4.66. The van der Waals surface area contributed by atoms with E-state index in [0.29, 0.717) is 0 Å². The molecule has 1 aliphatic rings. The van der Waals surface area contributed by atoms with E-state index in [4.69, 9.17) is 0 Å². The monoisotopic (exact) mass is 186 g/mol. The maximum Gasteiger partial charge on any atom is 0.137 e. The molecule has 0 aliphatic heterocycles. The van der Waals surface area contributed by atoms with E-state index in [2.05, 4.69) is 34.6 Å². The molecule has 2 nitrogen and oxygen atoms in total. The molecule has 2 aromatic heterocycles. The number of rotatable bonds is 0. The van der Waals surface area contributed by atoms with Crippen LogP contribution in [0, 0.1) is 6.92 Å². The third-order valence-electron chi connectivity index (χ3n) is 3.03. The quantitative estimate of drug-likeness (QED) is 0.618. The molecule has 0 spiro atoms. The van der Waals surface area contributed by atoms with Gasteiger partial charge < -0.3 is 4.40 Å². The minimum Gasteiger partial charge on any atom is -0.304 e. The summed E-state index contributed by atoms with van der Waals surface area (Å²) >= 11 is 0. The van der Waals surface area contributed by atoms with Gasteiger partial charge in [0.15, 0.2) is 0 Å². The molecule has 1 aliphatic carbocycles. The van der Waals surface area contributed by atoms with Crippen LogP contribution >= 0.6 is 0 Å². The predicted molar refractivity (Wildman–Crippen MR) is 56.6 cm³/mol. The van der Waals surface area contributed by atoms with Crippen LogP contribution in [0.15, 0.2) is 18.3 Å². The number of pyridine rings is 1. The molecular formula is C12H14N2. The van der Waals surface area contributed by atoms with Gasteiger partial charge in [0, 0.05) is 11.9 Å². The predicted octanol–water partition coefficient (Wildman–Crippen LogP) is 2.52. The summed E-state index contributed by atoms with van der Waals surface area (Å²) in [4.78, 5) is 4.66. The summed E-state index contributed by atoms with van der Waals surface area (Å²) < 4.78 is 2.27. The van der Waals surface area contributed by atoms with Gasteiger partial charge in [0.05, 0.1) is 5.69 Å². The summed E-state index contributed by atoms with van der Waals surface area (Å²) in [7, 11) is 0. The molecule has 0 unspecified atom stereocenters. The smallest absolute Gasteiger partial charge is 0.137 e. The number of aryl methyl sites for hydroxylation is 3. The van der Waals surface area contributed by atoms with Crippen molar-refractivity contribution in [3.63, 3.8) is 0 Å². The number of hydrogen-bond acceptors (Lipinski definition) is 1. The lowest BCUT2D eigenvalue weighted by molar-refractivity contribution is 0.660.